The maximum absolute atomic E-state index is 13.4. The molecule has 2 amide bonds. The van der Waals surface area contributed by atoms with E-state index in [-0.39, 0.29) is 23.7 Å². The SMILES string of the molecule is CCOc1ccc(CN2CCC(CNC(=O)CNC(=O)c3cc(F)c(F)cc3N)CC2)cc1OCC. The number of halogens is 2. The van der Waals surface area contributed by atoms with Crippen LogP contribution in [0.3, 0.4) is 0 Å². The number of nitrogen functional groups attached to an aromatic ring is 1. The van der Waals surface area contributed by atoms with Crippen molar-refractivity contribution < 1.29 is 27.8 Å². The van der Waals surface area contributed by atoms with E-state index in [0.717, 1.165) is 61.7 Å². The molecule has 4 N–H and O–H groups in total. The fourth-order valence-corrected chi connectivity index (χ4v) is 4.14. The monoisotopic (exact) mass is 504 g/mol. The first kappa shape index (κ1) is 27.2. The van der Waals surface area contributed by atoms with Gasteiger partial charge >= 0.3 is 0 Å². The van der Waals surface area contributed by atoms with Gasteiger partial charge < -0.3 is 25.8 Å². The van der Waals surface area contributed by atoms with Crippen LogP contribution in [0.15, 0.2) is 30.3 Å². The van der Waals surface area contributed by atoms with Gasteiger partial charge in [0.25, 0.3) is 5.91 Å². The van der Waals surface area contributed by atoms with Crippen molar-refractivity contribution in [2.75, 3.05) is 45.1 Å². The largest absolute Gasteiger partial charge is 0.490 e. The Bertz CT molecular complexity index is 1060. The van der Waals surface area contributed by atoms with Crippen molar-refractivity contribution in [1.29, 1.82) is 0 Å². The maximum atomic E-state index is 13.4. The highest BCUT2D eigenvalue weighted by molar-refractivity contribution is 6.00. The van der Waals surface area contributed by atoms with E-state index in [0.29, 0.717) is 25.7 Å². The molecule has 0 atom stereocenters. The lowest BCUT2D eigenvalue weighted by Gasteiger charge is -2.32. The summed E-state index contributed by atoms with van der Waals surface area (Å²) in [5.41, 5.74) is 6.32. The number of ether oxygens (including phenoxy) is 2. The van der Waals surface area contributed by atoms with E-state index in [1.165, 1.54) is 0 Å². The third-order valence-corrected chi connectivity index (χ3v) is 6.06. The van der Waals surface area contributed by atoms with Gasteiger partial charge in [-0.05, 0) is 69.5 Å². The van der Waals surface area contributed by atoms with E-state index in [2.05, 4.69) is 21.6 Å². The van der Waals surface area contributed by atoms with Crippen molar-refractivity contribution >= 4 is 17.5 Å². The quantitative estimate of drug-likeness (QED) is 0.406. The molecule has 36 heavy (non-hydrogen) atoms. The molecule has 0 bridgehead atoms. The molecule has 2 aromatic rings. The highest BCUT2D eigenvalue weighted by Gasteiger charge is 2.21. The normalized spacial score (nSPS) is 14.3. The van der Waals surface area contributed by atoms with Crippen LogP contribution in [0, 0.1) is 17.6 Å². The van der Waals surface area contributed by atoms with Crippen LogP contribution in [-0.4, -0.2) is 56.1 Å². The van der Waals surface area contributed by atoms with Gasteiger partial charge in [0.15, 0.2) is 23.1 Å². The molecule has 0 spiro atoms. The molecule has 0 radical (unpaired) electrons. The number of amides is 2. The summed E-state index contributed by atoms with van der Waals surface area (Å²) in [6.07, 6.45) is 1.88. The van der Waals surface area contributed by atoms with E-state index in [4.69, 9.17) is 15.2 Å². The molecule has 1 fully saturated rings. The fourth-order valence-electron chi connectivity index (χ4n) is 4.14. The number of likely N-dealkylation sites (tertiary alicyclic amines) is 1. The zero-order chi connectivity index (χ0) is 26.1. The van der Waals surface area contributed by atoms with Gasteiger partial charge in [0.05, 0.1) is 25.3 Å². The molecule has 10 heteroatoms. The van der Waals surface area contributed by atoms with Crippen molar-refractivity contribution in [2.24, 2.45) is 5.92 Å². The summed E-state index contributed by atoms with van der Waals surface area (Å²) < 4.78 is 37.9. The number of anilines is 1. The maximum Gasteiger partial charge on any atom is 0.253 e. The number of nitrogens with two attached hydrogens (primary N) is 1. The van der Waals surface area contributed by atoms with Gasteiger partial charge in [-0.25, -0.2) is 8.78 Å². The van der Waals surface area contributed by atoms with Crippen LogP contribution >= 0.6 is 0 Å². The van der Waals surface area contributed by atoms with Gasteiger partial charge in [0.2, 0.25) is 5.91 Å². The number of hydrogen-bond acceptors (Lipinski definition) is 6. The first-order chi connectivity index (χ1) is 17.3. The second-order valence-corrected chi connectivity index (χ2v) is 8.71. The summed E-state index contributed by atoms with van der Waals surface area (Å²) >= 11 is 0. The zero-order valence-corrected chi connectivity index (χ0v) is 20.7. The highest BCUT2D eigenvalue weighted by Crippen LogP contribution is 2.29. The van der Waals surface area contributed by atoms with Crippen molar-refractivity contribution in [3.8, 4) is 11.5 Å². The van der Waals surface area contributed by atoms with Gasteiger partial charge in [-0.1, -0.05) is 6.07 Å². The molecular weight excluding hydrogens is 470 g/mol. The zero-order valence-electron chi connectivity index (χ0n) is 20.7. The summed E-state index contributed by atoms with van der Waals surface area (Å²) in [6.45, 7) is 7.89. The second kappa shape index (κ2) is 13.1. The molecule has 0 aromatic heterocycles. The van der Waals surface area contributed by atoms with Crippen LogP contribution in [0.4, 0.5) is 14.5 Å². The van der Waals surface area contributed by atoms with Crippen LogP contribution in [0.25, 0.3) is 0 Å². The molecule has 1 saturated heterocycles. The third kappa shape index (κ3) is 7.55. The number of piperidine rings is 1. The van der Waals surface area contributed by atoms with Crippen molar-refractivity contribution in [3.63, 3.8) is 0 Å². The second-order valence-electron chi connectivity index (χ2n) is 8.71. The van der Waals surface area contributed by atoms with Crippen molar-refractivity contribution in [2.45, 2.75) is 33.2 Å². The standard InChI is InChI=1S/C26H34F2N4O4/c1-3-35-23-6-5-18(11-24(23)36-4-2)16-32-9-7-17(8-10-32)14-30-25(33)15-31-26(34)19-12-20(27)21(28)13-22(19)29/h5-6,11-13,17H,3-4,7-10,14-16,29H2,1-2H3,(H,30,33)(H,31,34). The number of rotatable bonds is 11. The van der Waals surface area contributed by atoms with Crippen LogP contribution in [-0.2, 0) is 11.3 Å². The predicted octanol–water partition coefficient (Wildman–Crippen LogP) is 3.10. The number of nitrogens with zero attached hydrogens (tertiary/aromatic N) is 1. The van der Waals surface area contributed by atoms with E-state index in [1.54, 1.807) is 0 Å². The molecule has 8 nitrogen and oxygen atoms in total. The van der Waals surface area contributed by atoms with Crippen LogP contribution in [0.5, 0.6) is 11.5 Å². The molecule has 3 rings (SSSR count). The van der Waals surface area contributed by atoms with E-state index >= 15 is 0 Å². The number of carbonyl (C=O) groups excluding carboxylic acids is 2. The number of nitrogens with one attached hydrogen (secondary N) is 2. The topological polar surface area (TPSA) is 106 Å². The van der Waals surface area contributed by atoms with Gasteiger partial charge in [0, 0.05) is 24.8 Å². The van der Waals surface area contributed by atoms with Gasteiger partial charge in [-0.3, -0.25) is 14.5 Å². The Balaban J connectivity index is 1.39. The lowest BCUT2D eigenvalue weighted by Crippen LogP contribution is -2.41. The minimum Gasteiger partial charge on any atom is -0.490 e. The summed E-state index contributed by atoms with van der Waals surface area (Å²) in [5.74, 6) is -1.57. The lowest BCUT2D eigenvalue weighted by molar-refractivity contribution is -0.120. The van der Waals surface area contributed by atoms with Crippen LogP contribution in [0.2, 0.25) is 0 Å². The number of benzene rings is 2. The molecule has 2 aromatic carbocycles. The fraction of sp³-hybridized carbons (Fsp3) is 0.462. The lowest BCUT2D eigenvalue weighted by atomic mass is 9.96. The molecule has 1 aliphatic rings. The Morgan fingerprint density at radius 3 is 2.36 bits per heavy atom. The predicted molar refractivity (Wildman–Crippen MR) is 133 cm³/mol. The Hall–Kier alpha value is -3.40. The summed E-state index contributed by atoms with van der Waals surface area (Å²) in [7, 11) is 0. The van der Waals surface area contributed by atoms with Crippen LogP contribution < -0.4 is 25.8 Å². The highest BCUT2D eigenvalue weighted by atomic mass is 19.2. The molecule has 1 heterocycles. The summed E-state index contributed by atoms with van der Waals surface area (Å²) in [4.78, 5) is 26.7. The van der Waals surface area contributed by atoms with E-state index in [1.807, 2.05) is 26.0 Å². The Morgan fingerprint density at radius 2 is 1.67 bits per heavy atom. The Labute approximate surface area is 210 Å². The smallest absolute Gasteiger partial charge is 0.253 e. The minimum absolute atomic E-state index is 0.196. The van der Waals surface area contributed by atoms with Crippen LogP contribution in [0.1, 0.15) is 42.6 Å². The average molecular weight is 505 g/mol. The van der Waals surface area contributed by atoms with Crippen molar-refractivity contribution in [1.82, 2.24) is 15.5 Å². The molecule has 0 unspecified atom stereocenters. The molecule has 196 valence electrons. The number of hydrogen-bond donors (Lipinski definition) is 3. The Kier molecular flexibility index (Phi) is 9.86. The first-order valence-corrected chi connectivity index (χ1v) is 12.2. The molecule has 0 saturated carbocycles. The van der Waals surface area contributed by atoms with Gasteiger partial charge in [0.1, 0.15) is 0 Å². The van der Waals surface area contributed by atoms with E-state index < -0.39 is 17.5 Å². The molecular formula is C26H34F2N4O4. The van der Waals surface area contributed by atoms with Crippen molar-refractivity contribution in [3.05, 3.63) is 53.1 Å². The first-order valence-electron chi connectivity index (χ1n) is 12.2. The summed E-state index contributed by atoms with van der Waals surface area (Å²) in [6, 6.07) is 7.50. The number of carbonyl (C=O) groups is 2. The van der Waals surface area contributed by atoms with E-state index in [9.17, 15) is 18.4 Å². The Morgan fingerprint density at radius 1 is 1.00 bits per heavy atom. The minimum atomic E-state index is -1.18. The average Bonchev–Trinajstić information content (AvgIpc) is 2.86. The third-order valence-electron chi connectivity index (χ3n) is 6.06. The van der Waals surface area contributed by atoms with Gasteiger partial charge in [-0.15, -0.1) is 0 Å². The molecule has 1 aliphatic heterocycles. The van der Waals surface area contributed by atoms with Gasteiger partial charge in [-0.2, -0.15) is 0 Å². The summed E-state index contributed by atoms with van der Waals surface area (Å²) in [5, 5.41) is 5.22. The molecule has 0 aliphatic carbocycles.